The van der Waals surface area contributed by atoms with Gasteiger partial charge in [0, 0.05) is 6.20 Å². The lowest BCUT2D eigenvalue weighted by atomic mass is 9.84. The van der Waals surface area contributed by atoms with Crippen LogP contribution in [-0.2, 0) is 23.4 Å². The first-order valence-corrected chi connectivity index (χ1v) is 13.5. The van der Waals surface area contributed by atoms with Gasteiger partial charge in [-0.2, -0.15) is 15.3 Å². The Morgan fingerprint density at radius 3 is 2.63 bits per heavy atom. The number of para-hydroxylation sites is 1. The van der Waals surface area contributed by atoms with Crippen molar-refractivity contribution in [2.24, 2.45) is 11.3 Å². The second kappa shape index (κ2) is 12.1. The van der Waals surface area contributed by atoms with Gasteiger partial charge in [-0.15, -0.1) is 0 Å². The van der Waals surface area contributed by atoms with E-state index in [0.29, 0.717) is 0 Å². The van der Waals surface area contributed by atoms with Gasteiger partial charge in [-0.1, -0.05) is 32.0 Å². The maximum atomic E-state index is 13.7. The number of anilines is 1. The van der Waals surface area contributed by atoms with Crippen molar-refractivity contribution in [3.05, 3.63) is 53.1 Å². The van der Waals surface area contributed by atoms with Gasteiger partial charge < -0.3 is 24.8 Å². The fourth-order valence-electron chi connectivity index (χ4n) is 3.67. The van der Waals surface area contributed by atoms with E-state index in [0.717, 1.165) is 4.57 Å². The zero-order chi connectivity index (χ0) is 28.1. The topological polar surface area (TPSA) is 188 Å². The van der Waals surface area contributed by atoms with E-state index in [1.807, 2.05) is 19.9 Å². The van der Waals surface area contributed by atoms with Crippen LogP contribution in [0, 0.1) is 22.7 Å². The zero-order valence-corrected chi connectivity index (χ0v) is 22.4. The Morgan fingerprint density at radius 1 is 1.34 bits per heavy atom. The van der Waals surface area contributed by atoms with Gasteiger partial charge in [0.15, 0.2) is 6.23 Å². The van der Waals surface area contributed by atoms with Crippen LogP contribution >= 0.6 is 7.75 Å². The third-order valence-corrected chi connectivity index (χ3v) is 7.41. The number of nitrogens with two attached hydrogens (primary N) is 1. The van der Waals surface area contributed by atoms with Gasteiger partial charge in [0.25, 0.3) is 0 Å². The van der Waals surface area contributed by atoms with Crippen molar-refractivity contribution < 1.29 is 33.0 Å². The summed E-state index contributed by atoms with van der Waals surface area (Å²) in [4.78, 5) is 28.4. The van der Waals surface area contributed by atoms with E-state index in [-0.39, 0.29) is 24.1 Å². The Morgan fingerprint density at radius 2 is 2.03 bits per heavy atom. The van der Waals surface area contributed by atoms with E-state index in [1.165, 1.54) is 26.1 Å². The summed E-state index contributed by atoms with van der Waals surface area (Å²) < 4.78 is 37.0. The number of nitrogen functional groups attached to an aromatic ring is 1. The second-order valence-corrected chi connectivity index (χ2v) is 11.2. The summed E-state index contributed by atoms with van der Waals surface area (Å²) >= 11 is 0. The normalized spacial score (nSPS) is 25.3. The number of aliphatic hydroxyl groups is 1. The Kier molecular flexibility index (Phi) is 9.30. The van der Waals surface area contributed by atoms with Crippen LogP contribution < -0.4 is 21.0 Å². The quantitative estimate of drug-likeness (QED) is 0.274. The highest BCUT2D eigenvalue weighted by Crippen LogP contribution is 2.48. The number of carbonyl (C=O) groups excluding carboxylic acids is 1. The van der Waals surface area contributed by atoms with Crippen molar-refractivity contribution in [2.75, 3.05) is 18.9 Å². The first kappa shape index (κ1) is 29.3. The van der Waals surface area contributed by atoms with Crippen LogP contribution in [0.1, 0.15) is 33.9 Å². The number of hydrogen-bond acceptors (Lipinski definition) is 11. The van der Waals surface area contributed by atoms with Crippen LogP contribution in [0.2, 0.25) is 0 Å². The molecule has 1 aliphatic rings. The molecular weight excluding hydrogens is 517 g/mol. The number of aliphatic hydroxyl groups excluding tert-OH is 1. The molecule has 2 aromatic rings. The fraction of sp³-hybridized carbons (Fsp3) is 0.500. The molecule has 1 saturated heterocycles. The number of rotatable bonds is 11. The molecule has 3 rings (SSSR count). The van der Waals surface area contributed by atoms with Crippen molar-refractivity contribution in [1.29, 1.82) is 5.26 Å². The zero-order valence-electron chi connectivity index (χ0n) is 21.5. The van der Waals surface area contributed by atoms with E-state index in [2.05, 4.69) is 10.1 Å². The second-order valence-electron chi connectivity index (χ2n) is 9.48. The fourth-order valence-corrected chi connectivity index (χ4v) is 5.17. The average Bonchev–Trinajstić information content (AvgIpc) is 3.12. The largest absolute Gasteiger partial charge is 0.464 e. The number of aromatic nitrogens is 2. The predicted molar refractivity (Wildman–Crippen MR) is 136 cm³/mol. The SMILES string of the molecule is CC(C)COC(=O)C(C)NP(=O)(OC[C@H]1O[C@@H](n2ccc(N)nc2=O)[C@](C)(C#N)[C@@H]1O)Oc1ccccc1. The molecule has 1 aliphatic heterocycles. The van der Waals surface area contributed by atoms with Crippen molar-refractivity contribution >= 4 is 19.5 Å². The molecule has 1 aromatic carbocycles. The maximum absolute atomic E-state index is 13.7. The minimum Gasteiger partial charge on any atom is -0.464 e. The lowest BCUT2D eigenvalue weighted by Gasteiger charge is -2.26. The minimum atomic E-state index is -4.26. The summed E-state index contributed by atoms with van der Waals surface area (Å²) in [6.45, 7) is 6.26. The van der Waals surface area contributed by atoms with E-state index in [4.69, 9.17) is 24.3 Å². The van der Waals surface area contributed by atoms with Crippen LogP contribution in [0.3, 0.4) is 0 Å². The van der Waals surface area contributed by atoms with Crippen LogP contribution in [-0.4, -0.2) is 52.1 Å². The average molecular weight is 550 g/mol. The van der Waals surface area contributed by atoms with Crippen LogP contribution in [0.25, 0.3) is 0 Å². The monoisotopic (exact) mass is 549 g/mol. The predicted octanol–water partition coefficient (Wildman–Crippen LogP) is 1.99. The Balaban J connectivity index is 1.81. The first-order chi connectivity index (χ1) is 17.9. The van der Waals surface area contributed by atoms with Crippen molar-refractivity contribution in [3.63, 3.8) is 0 Å². The van der Waals surface area contributed by atoms with Gasteiger partial charge in [-0.05, 0) is 38.0 Å². The molecule has 1 aromatic heterocycles. The molecule has 13 nitrogen and oxygen atoms in total. The summed E-state index contributed by atoms with van der Waals surface area (Å²) in [5, 5.41) is 23.4. The lowest BCUT2D eigenvalue weighted by molar-refractivity contribution is -0.146. The number of benzene rings is 1. The summed E-state index contributed by atoms with van der Waals surface area (Å²) in [5.74, 6) is -0.390. The van der Waals surface area contributed by atoms with Gasteiger partial charge in [-0.25, -0.2) is 9.36 Å². The number of ether oxygens (including phenoxy) is 2. The highest BCUT2D eigenvalue weighted by atomic mass is 31.2. The summed E-state index contributed by atoms with van der Waals surface area (Å²) in [7, 11) is -4.26. The van der Waals surface area contributed by atoms with E-state index < -0.39 is 55.9 Å². The van der Waals surface area contributed by atoms with Crippen molar-refractivity contribution in [1.82, 2.24) is 14.6 Å². The van der Waals surface area contributed by atoms with Crippen LogP contribution in [0.5, 0.6) is 5.75 Å². The third kappa shape index (κ3) is 6.78. The van der Waals surface area contributed by atoms with Gasteiger partial charge in [-0.3, -0.25) is 13.9 Å². The van der Waals surface area contributed by atoms with Gasteiger partial charge in [0.1, 0.15) is 35.2 Å². The molecule has 1 fully saturated rings. The standard InChI is InChI=1S/C24H32N5O8P/c1-15(2)12-34-21(31)16(3)28-38(33,37-17-8-6-5-7-9-17)35-13-18-20(30)24(4,14-25)22(36-18)29-11-10-19(26)27-23(29)32/h5-11,15-16,18,20,22,30H,12-13H2,1-4H3,(H,28,33)(H2,26,27,32)/t16?,18-,20-,22-,24-,38?/m1/s1. The molecule has 0 amide bonds. The molecule has 0 bridgehead atoms. The van der Waals surface area contributed by atoms with Gasteiger partial charge in [0.05, 0.1) is 19.3 Å². The molecule has 0 aliphatic carbocycles. The molecule has 2 heterocycles. The summed E-state index contributed by atoms with van der Waals surface area (Å²) in [6.07, 6.45) is -2.60. The Hall–Kier alpha value is -3.27. The molecule has 0 saturated carbocycles. The molecule has 4 N–H and O–H groups in total. The maximum Gasteiger partial charge on any atom is 0.459 e. The highest BCUT2D eigenvalue weighted by Gasteiger charge is 2.55. The van der Waals surface area contributed by atoms with E-state index >= 15 is 0 Å². The van der Waals surface area contributed by atoms with Gasteiger partial charge in [0.2, 0.25) is 0 Å². The molecule has 206 valence electrons. The number of nitrogens with zero attached hydrogens (tertiary/aromatic N) is 3. The van der Waals surface area contributed by atoms with Crippen molar-refractivity contribution in [3.8, 4) is 11.8 Å². The molecule has 6 atom stereocenters. The number of nitrogens with one attached hydrogen (secondary N) is 1. The van der Waals surface area contributed by atoms with Crippen molar-refractivity contribution in [2.45, 2.75) is 52.2 Å². The van der Waals surface area contributed by atoms with E-state index in [9.17, 15) is 24.5 Å². The number of carbonyl (C=O) groups is 1. The number of nitriles is 1. The highest BCUT2D eigenvalue weighted by molar-refractivity contribution is 7.52. The molecule has 2 unspecified atom stereocenters. The van der Waals surface area contributed by atoms with E-state index in [1.54, 1.807) is 30.3 Å². The first-order valence-electron chi connectivity index (χ1n) is 11.9. The summed E-state index contributed by atoms with van der Waals surface area (Å²) in [6, 6.07) is 10.4. The Labute approximate surface area is 220 Å². The Bertz CT molecular complexity index is 1270. The smallest absolute Gasteiger partial charge is 0.459 e. The summed E-state index contributed by atoms with van der Waals surface area (Å²) in [5.41, 5.74) is 3.17. The minimum absolute atomic E-state index is 0.0190. The third-order valence-electron chi connectivity index (χ3n) is 5.77. The lowest BCUT2D eigenvalue weighted by Crippen LogP contribution is -2.40. The van der Waals surface area contributed by atoms with Crippen LogP contribution in [0.4, 0.5) is 5.82 Å². The number of esters is 1. The molecule has 38 heavy (non-hydrogen) atoms. The molecule has 0 spiro atoms. The number of hydrogen-bond donors (Lipinski definition) is 3. The van der Waals surface area contributed by atoms with Crippen LogP contribution in [0.15, 0.2) is 47.4 Å². The molecule has 0 radical (unpaired) electrons. The molecular formula is C24H32N5O8P. The van der Waals surface area contributed by atoms with Gasteiger partial charge >= 0.3 is 19.4 Å². The molecule has 14 heteroatoms.